The Kier molecular flexibility index (Phi) is 5.22. The first-order chi connectivity index (χ1) is 8.24. The highest BCUT2D eigenvalue weighted by atomic mass is 16.3. The lowest BCUT2D eigenvalue weighted by Gasteiger charge is -2.33. The van der Waals surface area contributed by atoms with E-state index in [1.54, 1.807) is 0 Å². The van der Waals surface area contributed by atoms with E-state index < -0.39 is 0 Å². The van der Waals surface area contributed by atoms with Crippen LogP contribution in [0.5, 0.6) is 0 Å². The monoisotopic (exact) mass is 241 g/mol. The van der Waals surface area contributed by atoms with E-state index in [-0.39, 0.29) is 6.10 Å². The summed E-state index contributed by atoms with van der Waals surface area (Å²) < 4.78 is 0. The van der Waals surface area contributed by atoms with Crippen LogP contribution in [0.15, 0.2) is 0 Å². The summed E-state index contributed by atoms with van der Waals surface area (Å²) in [6, 6.07) is 0.644. The van der Waals surface area contributed by atoms with Crippen molar-refractivity contribution in [1.29, 1.82) is 0 Å². The summed E-state index contributed by atoms with van der Waals surface area (Å²) in [5.41, 5.74) is 0. The first-order valence-corrected chi connectivity index (χ1v) is 7.06. The summed E-state index contributed by atoms with van der Waals surface area (Å²) in [5.74, 6) is 0. The summed E-state index contributed by atoms with van der Waals surface area (Å²) in [6.45, 7) is 7.10. The molecule has 1 saturated carbocycles. The number of hydrogen-bond donors (Lipinski definition) is 2. The van der Waals surface area contributed by atoms with Crippen LogP contribution in [0.2, 0.25) is 0 Å². The number of likely N-dealkylation sites (N-methyl/N-ethyl adjacent to an activating group) is 1. The van der Waals surface area contributed by atoms with Gasteiger partial charge in [-0.3, -0.25) is 4.90 Å². The lowest BCUT2D eigenvalue weighted by atomic mass is 9.93. The van der Waals surface area contributed by atoms with Gasteiger partial charge in [-0.1, -0.05) is 0 Å². The Hall–Kier alpha value is -0.160. The van der Waals surface area contributed by atoms with Crippen molar-refractivity contribution in [2.45, 2.75) is 37.8 Å². The van der Waals surface area contributed by atoms with E-state index in [9.17, 15) is 5.11 Å². The van der Waals surface area contributed by atoms with Crippen molar-refractivity contribution in [3.63, 3.8) is 0 Å². The lowest BCUT2D eigenvalue weighted by Crippen LogP contribution is -2.47. The molecule has 2 aliphatic rings. The molecule has 17 heavy (non-hydrogen) atoms. The first kappa shape index (κ1) is 13.3. The topological polar surface area (TPSA) is 38.7 Å². The van der Waals surface area contributed by atoms with E-state index in [2.05, 4.69) is 22.2 Å². The van der Waals surface area contributed by atoms with Gasteiger partial charge in [0.25, 0.3) is 0 Å². The maximum Gasteiger partial charge on any atom is 0.0541 e. The molecule has 2 rings (SSSR count). The maximum atomic E-state index is 9.44. The number of nitrogens with zero attached hydrogens (tertiary/aromatic N) is 2. The molecule has 1 saturated heterocycles. The minimum absolute atomic E-state index is 0.0364. The number of rotatable bonds is 4. The predicted molar refractivity (Wildman–Crippen MR) is 70.2 cm³/mol. The van der Waals surface area contributed by atoms with E-state index in [4.69, 9.17) is 0 Å². The largest absolute Gasteiger partial charge is 0.393 e. The van der Waals surface area contributed by atoms with Crippen LogP contribution in [-0.4, -0.2) is 73.4 Å². The van der Waals surface area contributed by atoms with Gasteiger partial charge in [0, 0.05) is 45.3 Å². The summed E-state index contributed by atoms with van der Waals surface area (Å²) in [4.78, 5) is 4.94. The molecule has 1 heterocycles. The fraction of sp³-hybridized carbons (Fsp3) is 1.00. The van der Waals surface area contributed by atoms with Crippen LogP contribution in [-0.2, 0) is 0 Å². The summed E-state index contributed by atoms with van der Waals surface area (Å²) in [6.07, 6.45) is 4.21. The van der Waals surface area contributed by atoms with Crippen molar-refractivity contribution in [1.82, 2.24) is 15.1 Å². The second-order valence-corrected chi connectivity index (χ2v) is 5.60. The lowest BCUT2D eigenvalue weighted by molar-refractivity contribution is 0.114. The molecule has 1 aliphatic carbocycles. The van der Waals surface area contributed by atoms with Crippen LogP contribution in [0.1, 0.15) is 25.7 Å². The number of aliphatic hydroxyl groups is 1. The van der Waals surface area contributed by atoms with Crippen LogP contribution < -0.4 is 5.32 Å². The molecule has 100 valence electrons. The highest BCUT2D eigenvalue weighted by Gasteiger charge is 2.19. The first-order valence-electron chi connectivity index (χ1n) is 7.06. The fourth-order valence-corrected chi connectivity index (χ4v) is 2.78. The highest BCUT2D eigenvalue weighted by molar-refractivity contribution is 4.77. The van der Waals surface area contributed by atoms with Gasteiger partial charge in [-0.25, -0.2) is 0 Å². The van der Waals surface area contributed by atoms with Crippen LogP contribution in [0.4, 0.5) is 0 Å². The Labute approximate surface area is 105 Å². The number of hydrogen-bond acceptors (Lipinski definition) is 4. The summed E-state index contributed by atoms with van der Waals surface area (Å²) >= 11 is 0. The third-order valence-corrected chi connectivity index (χ3v) is 4.15. The molecule has 4 nitrogen and oxygen atoms in total. The van der Waals surface area contributed by atoms with Crippen LogP contribution in [0.3, 0.4) is 0 Å². The molecule has 4 heteroatoms. The molecular weight excluding hydrogens is 214 g/mol. The van der Waals surface area contributed by atoms with Crippen LogP contribution in [0, 0.1) is 0 Å². The van der Waals surface area contributed by atoms with Gasteiger partial charge in [-0.05, 0) is 32.7 Å². The van der Waals surface area contributed by atoms with Crippen molar-refractivity contribution in [3.8, 4) is 0 Å². The predicted octanol–water partition coefficient (Wildman–Crippen LogP) is 0.127. The second kappa shape index (κ2) is 6.69. The average Bonchev–Trinajstić information content (AvgIpc) is 2.34. The van der Waals surface area contributed by atoms with Crippen molar-refractivity contribution >= 4 is 0 Å². The molecule has 0 aromatic carbocycles. The zero-order chi connectivity index (χ0) is 12.1. The standard InChI is InChI=1S/C13H27N3O/c1-15-8-10-16(11-9-15)7-6-14-12-2-4-13(17)5-3-12/h12-14,17H,2-11H2,1H3. The molecule has 0 bridgehead atoms. The second-order valence-electron chi connectivity index (χ2n) is 5.60. The van der Waals surface area contributed by atoms with Crippen molar-refractivity contribution in [3.05, 3.63) is 0 Å². The van der Waals surface area contributed by atoms with Gasteiger partial charge < -0.3 is 15.3 Å². The van der Waals surface area contributed by atoms with Gasteiger partial charge in [0.1, 0.15) is 0 Å². The molecular formula is C13H27N3O. The number of aliphatic hydroxyl groups excluding tert-OH is 1. The van der Waals surface area contributed by atoms with E-state index in [1.165, 1.54) is 32.7 Å². The Balaban J connectivity index is 1.54. The Bertz CT molecular complexity index is 187. The Morgan fingerprint density at radius 1 is 1.06 bits per heavy atom. The van der Waals surface area contributed by atoms with Gasteiger partial charge >= 0.3 is 0 Å². The minimum Gasteiger partial charge on any atom is -0.393 e. The zero-order valence-electron chi connectivity index (χ0n) is 11.1. The average molecular weight is 241 g/mol. The Morgan fingerprint density at radius 3 is 2.35 bits per heavy atom. The van der Waals surface area contributed by atoms with E-state index in [0.29, 0.717) is 6.04 Å². The van der Waals surface area contributed by atoms with Gasteiger partial charge in [0.15, 0.2) is 0 Å². The van der Waals surface area contributed by atoms with Crippen molar-refractivity contribution < 1.29 is 5.11 Å². The number of nitrogens with one attached hydrogen (secondary N) is 1. The molecule has 0 radical (unpaired) electrons. The molecule has 0 spiro atoms. The normalized spacial score (nSPS) is 32.8. The van der Waals surface area contributed by atoms with Gasteiger partial charge in [0.2, 0.25) is 0 Å². The third-order valence-electron chi connectivity index (χ3n) is 4.15. The molecule has 0 amide bonds. The molecule has 2 fully saturated rings. The fourth-order valence-electron chi connectivity index (χ4n) is 2.78. The smallest absolute Gasteiger partial charge is 0.0541 e. The summed E-state index contributed by atoms with van der Waals surface area (Å²) in [7, 11) is 2.20. The van der Waals surface area contributed by atoms with Crippen molar-refractivity contribution in [2.24, 2.45) is 0 Å². The SMILES string of the molecule is CN1CCN(CCNC2CCC(O)CC2)CC1. The van der Waals surface area contributed by atoms with E-state index in [0.717, 1.165) is 32.2 Å². The minimum atomic E-state index is -0.0364. The molecule has 0 unspecified atom stereocenters. The van der Waals surface area contributed by atoms with Gasteiger partial charge in [0.05, 0.1) is 6.10 Å². The summed E-state index contributed by atoms with van der Waals surface area (Å²) in [5, 5.41) is 13.1. The Morgan fingerprint density at radius 2 is 1.71 bits per heavy atom. The zero-order valence-corrected chi connectivity index (χ0v) is 11.1. The van der Waals surface area contributed by atoms with Crippen LogP contribution >= 0.6 is 0 Å². The van der Waals surface area contributed by atoms with Gasteiger partial charge in [-0.2, -0.15) is 0 Å². The van der Waals surface area contributed by atoms with Crippen LogP contribution in [0.25, 0.3) is 0 Å². The van der Waals surface area contributed by atoms with E-state index >= 15 is 0 Å². The number of piperazine rings is 1. The third kappa shape index (κ3) is 4.54. The molecule has 1 aliphatic heterocycles. The van der Waals surface area contributed by atoms with E-state index in [1.807, 2.05) is 0 Å². The van der Waals surface area contributed by atoms with Gasteiger partial charge in [-0.15, -0.1) is 0 Å². The van der Waals surface area contributed by atoms with Crippen molar-refractivity contribution in [2.75, 3.05) is 46.3 Å². The molecule has 0 aromatic rings. The highest BCUT2D eigenvalue weighted by Crippen LogP contribution is 2.17. The maximum absolute atomic E-state index is 9.44. The molecule has 0 atom stereocenters. The quantitative estimate of drug-likeness (QED) is 0.734. The molecule has 2 N–H and O–H groups in total. The molecule has 0 aromatic heterocycles.